The number of nitrogens with two attached hydrogens (primary N) is 1. The van der Waals surface area contributed by atoms with Crippen molar-refractivity contribution in [1.82, 2.24) is 4.90 Å². The maximum Gasteiger partial charge on any atom is 0.0471 e. The summed E-state index contributed by atoms with van der Waals surface area (Å²) in [6.45, 7) is 6.02. The highest BCUT2D eigenvalue weighted by atomic mass is 35.5. The van der Waals surface area contributed by atoms with E-state index < -0.39 is 0 Å². The molecule has 2 aromatic carbocycles. The minimum absolute atomic E-state index is 0. The van der Waals surface area contributed by atoms with E-state index in [9.17, 15) is 0 Å². The Morgan fingerprint density at radius 1 is 0.963 bits per heavy atom. The molecular weight excluding hydrogens is 377 g/mol. The molecule has 0 amide bonds. The molecule has 2 aliphatic heterocycles. The molecule has 0 radical (unpaired) electrons. The van der Waals surface area contributed by atoms with Crippen LogP contribution in [0.3, 0.4) is 0 Å². The lowest BCUT2D eigenvalue weighted by molar-refractivity contribution is 0.317. The van der Waals surface area contributed by atoms with Crippen LogP contribution in [0.5, 0.6) is 0 Å². The molecule has 146 valence electrons. The van der Waals surface area contributed by atoms with Gasteiger partial charge in [-0.05, 0) is 43.0 Å². The van der Waals surface area contributed by atoms with Gasteiger partial charge in [-0.1, -0.05) is 48.0 Å². The first-order valence-corrected chi connectivity index (χ1v) is 10.1. The van der Waals surface area contributed by atoms with Crippen molar-refractivity contribution in [3.8, 4) is 0 Å². The lowest BCUT2D eigenvalue weighted by Crippen LogP contribution is -2.25. The molecule has 0 unspecified atom stereocenters. The van der Waals surface area contributed by atoms with Crippen LogP contribution in [-0.2, 0) is 6.54 Å². The van der Waals surface area contributed by atoms with E-state index in [0.717, 1.165) is 44.3 Å². The van der Waals surface area contributed by atoms with E-state index in [0.29, 0.717) is 11.8 Å². The SMILES string of the molecule is Cl.NC[C@@H]1CN(Cc2c(Cl)cccc2N2CCCC2)C[C@H]1c1ccccc1. The van der Waals surface area contributed by atoms with Gasteiger partial charge in [0, 0.05) is 54.9 Å². The lowest BCUT2D eigenvalue weighted by Gasteiger charge is -2.25. The number of halogens is 2. The monoisotopic (exact) mass is 405 g/mol. The smallest absolute Gasteiger partial charge is 0.0471 e. The van der Waals surface area contributed by atoms with Crippen LogP contribution >= 0.6 is 24.0 Å². The number of likely N-dealkylation sites (tertiary alicyclic amines) is 1. The van der Waals surface area contributed by atoms with Gasteiger partial charge in [-0.3, -0.25) is 4.90 Å². The van der Waals surface area contributed by atoms with Crippen molar-refractivity contribution in [1.29, 1.82) is 0 Å². The van der Waals surface area contributed by atoms with E-state index in [1.807, 2.05) is 6.07 Å². The number of hydrogen-bond acceptors (Lipinski definition) is 3. The minimum Gasteiger partial charge on any atom is -0.371 e. The van der Waals surface area contributed by atoms with Gasteiger partial charge in [0.05, 0.1) is 0 Å². The Morgan fingerprint density at radius 2 is 1.70 bits per heavy atom. The summed E-state index contributed by atoms with van der Waals surface area (Å²) in [5.41, 5.74) is 10.1. The van der Waals surface area contributed by atoms with Crippen LogP contribution in [0.2, 0.25) is 5.02 Å². The quantitative estimate of drug-likeness (QED) is 0.792. The molecule has 0 bridgehead atoms. The van der Waals surface area contributed by atoms with Gasteiger partial charge in [0.2, 0.25) is 0 Å². The molecule has 2 fully saturated rings. The first-order chi connectivity index (χ1) is 12.8. The Labute approximate surface area is 173 Å². The molecule has 4 rings (SSSR count). The van der Waals surface area contributed by atoms with Gasteiger partial charge in [-0.15, -0.1) is 12.4 Å². The standard InChI is InChI=1S/C22H28ClN3.ClH/c23-21-9-6-10-22(26-11-4-5-12-26)20(21)16-25-14-18(13-24)19(15-25)17-7-2-1-3-8-17;/h1-3,6-10,18-19H,4-5,11-16,24H2;1H/t18-,19+;/m1./s1. The van der Waals surface area contributed by atoms with Gasteiger partial charge >= 0.3 is 0 Å². The molecule has 2 aliphatic rings. The fourth-order valence-corrected chi connectivity index (χ4v) is 4.82. The second-order valence-corrected chi connectivity index (χ2v) is 8.05. The summed E-state index contributed by atoms with van der Waals surface area (Å²) in [7, 11) is 0. The predicted molar refractivity (Wildman–Crippen MR) is 117 cm³/mol. The largest absolute Gasteiger partial charge is 0.371 e. The van der Waals surface area contributed by atoms with Crippen molar-refractivity contribution >= 4 is 29.7 Å². The van der Waals surface area contributed by atoms with Gasteiger partial charge in [-0.2, -0.15) is 0 Å². The van der Waals surface area contributed by atoms with Gasteiger partial charge in [0.25, 0.3) is 0 Å². The average molecular weight is 406 g/mol. The zero-order valence-electron chi connectivity index (χ0n) is 15.7. The number of benzene rings is 2. The van der Waals surface area contributed by atoms with Crippen LogP contribution in [0.4, 0.5) is 5.69 Å². The number of nitrogens with zero attached hydrogens (tertiary/aromatic N) is 2. The van der Waals surface area contributed by atoms with E-state index in [-0.39, 0.29) is 12.4 Å². The highest BCUT2D eigenvalue weighted by molar-refractivity contribution is 6.31. The van der Waals surface area contributed by atoms with Crippen molar-refractivity contribution < 1.29 is 0 Å². The van der Waals surface area contributed by atoms with Crippen LogP contribution in [-0.4, -0.2) is 37.6 Å². The summed E-state index contributed by atoms with van der Waals surface area (Å²) < 4.78 is 0. The Balaban J connectivity index is 0.00000210. The molecule has 0 saturated carbocycles. The van der Waals surface area contributed by atoms with Crippen LogP contribution in [0.25, 0.3) is 0 Å². The molecule has 2 N–H and O–H groups in total. The number of hydrogen-bond donors (Lipinski definition) is 1. The molecule has 0 spiro atoms. The third kappa shape index (κ3) is 4.43. The molecule has 5 heteroatoms. The Bertz CT molecular complexity index is 732. The van der Waals surface area contributed by atoms with E-state index in [1.54, 1.807) is 0 Å². The molecule has 0 aliphatic carbocycles. The average Bonchev–Trinajstić information content (AvgIpc) is 3.34. The Hall–Kier alpha value is -1.26. The second kappa shape index (κ2) is 9.29. The zero-order valence-corrected chi connectivity index (χ0v) is 17.3. The normalized spacial score (nSPS) is 22.8. The summed E-state index contributed by atoms with van der Waals surface area (Å²) >= 11 is 6.63. The Morgan fingerprint density at radius 3 is 2.41 bits per heavy atom. The first kappa shape index (κ1) is 20.5. The predicted octanol–water partition coefficient (Wildman–Crippen LogP) is 4.54. The van der Waals surface area contributed by atoms with E-state index >= 15 is 0 Å². The third-order valence-corrected chi connectivity index (χ3v) is 6.32. The van der Waals surface area contributed by atoms with Crippen molar-refractivity contribution in [2.45, 2.75) is 25.3 Å². The summed E-state index contributed by atoms with van der Waals surface area (Å²) in [5, 5.41) is 0.891. The van der Waals surface area contributed by atoms with Crippen LogP contribution < -0.4 is 10.6 Å². The van der Waals surface area contributed by atoms with Crippen molar-refractivity contribution in [3.05, 3.63) is 64.7 Å². The maximum atomic E-state index is 6.63. The molecule has 2 saturated heterocycles. The van der Waals surface area contributed by atoms with E-state index in [4.69, 9.17) is 17.3 Å². The lowest BCUT2D eigenvalue weighted by atomic mass is 9.89. The van der Waals surface area contributed by atoms with E-state index in [2.05, 4.69) is 52.3 Å². The fraction of sp³-hybridized carbons (Fsp3) is 0.455. The first-order valence-electron chi connectivity index (χ1n) is 9.76. The summed E-state index contributed by atoms with van der Waals surface area (Å²) in [6, 6.07) is 17.2. The minimum atomic E-state index is 0. The second-order valence-electron chi connectivity index (χ2n) is 7.64. The number of anilines is 1. The molecule has 3 nitrogen and oxygen atoms in total. The molecule has 27 heavy (non-hydrogen) atoms. The summed E-state index contributed by atoms with van der Waals surface area (Å²) in [4.78, 5) is 5.03. The van der Waals surface area contributed by atoms with Crippen molar-refractivity contribution in [3.63, 3.8) is 0 Å². The highest BCUT2D eigenvalue weighted by Crippen LogP contribution is 2.36. The fourth-order valence-electron chi connectivity index (χ4n) is 4.59. The van der Waals surface area contributed by atoms with Gasteiger partial charge in [0.1, 0.15) is 0 Å². The molecule has 0 aromatic heterocycles. The highest BCUT2D eigenvalue weighted by Gasteiger charge is 2.33. The van der Waals surface area contributed by atoms with Gasteiger partial charge in [0.15, 0.2) is 0 Å². The van der Waals surface area contributed by atoms with Gasteiger partial charge in [-0.25, -0.2) is 0 Å². The molecule has 2 atom stereocenters. The topological polar surface area (TPSA) is 32.5 Å². The third-order valence-electron chi connectivity index (χ3n) is 5.97. The van der Waals surface area contributed by atoms with Crippen LogP contribution in [0.15, 0.2) is 48.5 Å². The van der Waals surface area contributed by atoms with Crippen LogP contribution in [0, 0.1) is 5.92 Å². The van der Waals surface area contributed by atoms with Crippen LogP contribution in [0.1, 0.15) is 29.9 Å². The van der Waals surface area contributed by atoms with Crippen molar-refractivity contribution in [2.75, 3.05) is 37.6 Å². The Kier molecular flexibility index (Phi) is 7.04. The summed E-state index contributed by atoms with van der Waals surface area (Å²) in [6.07, 6.45) is 2.56. The zero-order chi connectivity index (χ0) is 17.9. The summed E-state index contributed by atoms with van der Waals surface area (Å²) in [5.74, 6) is 1.02. The molecule has 2 heterocycles. The van der Waals surface area contributed by atoms with Crippen molar-refractivity contribution in [2.24, 2.45) is 11.7 Å². The maximum absolute atomic E-state index is 6.63. The number of rotatable bonds is 5. The van der Waals surface area contributed by atoms with E-state index in [1.165, 1.54) is 29.7 Å². The molecule has 2 aromatic rings. The molecular formula is C22H29Cl2N3. The van der Waals surface area contributed by atoms with Gasteiger partial charge < -0.3 is 10.6 Å².